The maximum atomic E-state index is 14.4. The lowest BCUT2D eigenvalue weighted by atomic mass is 9.84. The van der Waals surface area contributed by atoms with Gasteiger partial charge in [-0.3, -0.25) is 19.2 Å². The molecule has 0 spiro atoms. The molecule has 4 fully saturated rings. The Balaban J connectivity index is 1.34. The Morgan fingerprint density at radius 2 is 0.750 bits per heavy atom. The highest BCUT2D eigenvalue weighted by Crippen LogP contribution is 2.59. The van der Waals surface area contributed by atoms with E-state index in [1.165, 1.54) is 9.80 Å². The van der Waals surface area contributed by atoms with Crippen molar-refractivity contribution in [2.45, 2.75) is 24.2 Å². The minimum absolute atomic E-state index is 0.323. The van der Waals surface area contributed by atoms with E-state index in [1.54, 1.807) is 48.5 Å². The van der Waals surface area contributed by atoms with Crippen molar-refractivity contribution in [2.75, 3.05) is 9.80 Å². The van der Waals surface area contributed by atoms with Gasteiger partial charge in [-0.2, -0.15) is 0 Å². The van der Waals surface area contributed by atoms with Crippen molar-refractivity contribution in [3.8, 4) is 0 Å². The second-order valence-corrected chi connectivity index (χ2v) is 13.2. The molecule has 4 amide bonds. The van der Waals surface area contributed by atoms with Crippen molar-refractivity contribution >= 4 is 66.9 Å². The molecule has 0 N–H and O–H groups in total. The second kappa shape index (κ2) is 10.3. The summed E-state index contributed by atoms with van der Waals surface area (Å²) >= 11 is 7.02. The van der Waals surface area contributed by atoms with Crippen LogP contribution in [0.3, 0.4) is 0 Å². The number of benzene rings is 4. The van der Waals surface area contributed by atoms with Crippen LogP contribution in [0.15, 0.2) is 118 Å². The van der Waals surface area contributed by atoms with E-state index in [2.05, 4.69) is 31.9 Å². The Labute approximate surface area is 270 Å². The Hall–Kier alpha value is -3.96. The van der Waals surface area contributed by atoms with Crippen LogP contribution in [0.25, 0.3) is 0 Å². The molecule has 6 atom stereocenters. The molecule has 0 aromatic heterocycles. The van der Waals surface area contributed by atoms with Gasteiger partial charge in [0.05, 0.1) is 35.3 Å². The molecule has 4 aromatic carbocycles. The molecule has 0 aliphatic carbocycles. The molecule has 0 bridgehead atoms. The summed E-state index contributed by atoms with van der Waals surface area (Å²) in [6.07, 6.45) is 0. The van der Waals surface area contributed by atoms with Gasteiger partial charge in [-0.15, -0.1) is 0 Å². The van der Waals surface area contributed by atoms with Gasteiger partial charge in [0, 0.05) is 8.95 Å². The van der Waals surface area contributed by atoms with Crippen LogP contribution in [0.2, 0.25) is 0 Å². The van der Waals surface area contributed by atoms with Gasteiger partial charge in [0.25, 0.3) is 11.8 Å². The summed E-state index contributed by atoms with van der Waals surface area (Å²) in [6.45, 7) is 0. The quantitative estimate of drug-likeness (QED) is 0.255. The highest BCUT2D eigenvalue weighted by atomic mass is 79.9. The predicted molar refractivity (Wildman–Crippen MR) is 170 cm³/mol. The average molecular weight is 712 g/mol. The fourth-order valence-corrected chi connectivity index (χ4v) is 8.01. The summed E-state index contributed by atoms with van der Waals surface area (Å²) in [4.78, 5) is 60.1. The van der Waals surface area contributed by atoms with Crippen molar-refractivity contribution in [2.24, 2.45) is 11.8 Å². The van der Waals surface area contributed by atoms with E-state index >= 15 is 0 Å². The Kier molecular flexibility index (Phi) is 6.46. The van der Waals surface area contributed by atoms with E-state index in [0.29, 0.717) is 11.4 Å². The van der Waals surface area contributed by atoms with Gasteiger partial charge in [0.1, 0.15) is 12.1 Å². The van der Waals surface area contributed by atoms with Gasteiger partial charge in [-0.05, 0) is 59.7 Å². The number of nitrogens with zero attached hydrogens (tertiary/aromatic N) is 4. The van der Waals surface area contributed by atoms with Gasteiger partial charge in [0.2, 0.25) is 11.8 Å². The molecule has 8 nitrogen and oxygen atoms in total. The number of anilines is 2. The number of hydrogen-bond acceptors (Lipinski definition) is 6. The van der Waals surface area contributed by atoms with Crippen LogP contribution >= 0.6 is 31.9 Å². The van der Waals surface area contributed by atoms with E-state index < -0.39 is 36.0 Å². The van der Waals surface area contributed by atoms with Crippen molar-refractivity contribution in [3.63, 3.8) is 0 Å². The van der Waals surface area contributed by atoms with Crippen molar-refractivity contribution < 1.29 is 19.2 Å². The number of carbonyl (C=O) groups excluding carboxylic acids is 4. The molecule has 8 rings (SSSR count). The third-order valence-corrected chi connectivity index (χ3v) is 10.2. The van der Waals surface area contributed by atoms with E-state index in [9.17, 15) is 19.2 Å². The molecule has 4 aliphatic heterocycles. The van der Waals surface area contributed by atoms with Crippen LogP contribution in [0.5, 0.6) is 0 Å². The zero-order chi connectivity index (χ0) is 30.3. The second-order valence-electron chi connectivity index (χ2n) is 11.4. The number of hydrazine groups is 1. The summed E-state index contributed by atoms with van der Waals surface area (Å²) in [5.74, 6) is -2.96. The van der Waals surface area contributed by atoms with Gasteiger partial charge < -0.3 is 0 Å². The highest BCUT2D eigenvalue weighted by molar-refractivity contribution is 9.10. The summed E-state index contributed by atoms with van der Waals surface area (Å²) in [5, 5.41) is 3.77. The van der Waals surface area contributed by atoms with Crippen LogP contribution in [-0.4, -0.2) is 45.7 Å². The normalized spacial score (nSPS) is 28.1. The van der Waals surface area contributed by atoms with E-state index in [4.69, 9.17) is 0 Å². The number of halogens is 2. The largest absolute Gasteiger partial charge is 0.274 e. The smallest absolute Gasteiger partial charge is 0.253 e. The van der Waals surface area contributed by atoms with Gasteiger partial charge in [-0.25, -0.2) is 19.8 Å². The topological polar surface area (TPSA) is 81.2 Å². The number of amides is 4. The predicted octanol–water partition coefficient (Wildman–Crippen LogP) is 5.66. The first-order valence-electron chi connectivity index (χ1n) is 14.3. The number of imide groups is 2. The first-order chi connectivity index (χ1) is 21.4. The Morgan fingerprint density at radius 1 is 0.409 bits per heavy atom. The number of rotatable bonds is 4. The Morgan fingerprint density at radius 3 is 1.09 bits per heavy atom. The molecule has 218 valence electrons. The van der Waals surface area contributed by atoms with E-state index in [-0.39, 0.29) is 23.6 Å². The van der Waals surface area contributed by atoms with Gasteiger partial charge in [0.15, 0.2) is 0 Å². The zero-order valence-corrected chi connectivity index (χ0v) is 26.2. The van der Waals surface area contributed by atoms with Crippen LogP contribution in [0.1, 0.15) is 23.2 Å². The highest BCUT2D eigenvalue weighted by Gasteiger charge is 2.73. The minimum Gasteiger partial charge on any atom is -0.274 e. The molecule has 4 aliphatic rings. The third kappa shape index (κ3) is 3.88. The van der Waals surface area contributed by atoms with Crippen LogP contribution < -0.4 is 9.80 Å². The number of carbonyl (C=O) groups is 4. The summed E-state index contributed by atoms with van der Waals surface area (Å²) in [7, 11) is 0. The fraction of sp³-hybridized carbons (Fsp3) is 0.176. The van der Waals surface area contributed by atoms with Crippen LogP contribution in [-0.2, 0) is 19.2 Å². The third-order valence-electron chi connectivity index (χ3n) is 9.18. The molecule has 0 unspecified atom stereocenters. The van der Waals surface area contributed by atoms with Crippen molar-refractivity contribution in [1.29, 1.82) is 0 Å². The molecular formula is C34H24Br2N4O4. The first-order valence-corrected chi connectivity index (χ1v) is 15.9. The molecule has 4 aromatic rings. The van der Waals surface area contributed by atoms with Crippen molar-refractivity contribution in [1.82, 2.24) is 10.0 Å². The fourth-order valence-electron chi connectivity index (χ4n) is 7.48. The molecule has 4 saturated heterocycles. The lowest BCUT2D eigenvalue weighted by Gasteiger charge is -2.35. The maximum Gasteiger partial charge on any atom is 0.253 e. The number of para-hydroxylation sites is 2. The molecule has 44 heavy (non-hydrogen) atoms. The summed E-state index contributed by atoms with van der Waals surface area (Å²) < 4.78 is 1.73. The number of hydrogen-bond donors (Lipinski definition) is 0. The number of fused-ring (bicyclic) bond motifs is 5. The van der Waals surface area contributed by atoms with Gasteiger partial charge >= 0.3 is 0 Å². The lowest BCUT2D eigenvalue weighted by Crippen LogP contribution is -2.50. The minimum atomic E-state index is -0.902. The van der Waals surface area contributed by atoms with Crippen LogP contribution in [0.4, 0.5) is 11.4 Å². The standard InChI is InChI=1S/C34H24Br2N4O4/c35-21-15-11-19(12-16-21)27-25-29(33(43)37(31(25)41)23-7-3-1-4-8-23)39-28(20-13-17-22(36)18-14-20)26-30(40(27)39)34(44)38(32(26)42)24-9-5-2-6-10-24/h1-18,25-30H/t25-,26-,27-,28+,29+,30+/m0/s1. The molecule has 0 saturated carbocycles. The van der Waals surface area contributed by atoms with E-state index in [1.807, 2.05) is 70.7 Å². The Bertz CT molecular complexity index is 1690. The molecule has 0 radical (unpaired) electrons. The average Bonchev–Trinajstić information content (AvgIpc) is 3.70. The summed E-state index contributed by atoms with van der Waals surface area (Å²) in [5.41, 5.74) is 2.57. The first kappa shape index (κ1) is 27.6. The van der Waals surface area contributed by atoms with Gasteiger partial charge in [-0.1, -0.05) is 92.5 Å². The lowest BCUT2D eigenvalue weighted by molar-refractivity contribution is -0.136. The maximum absolute atomic E-state index is 14.4. The molecule has 10 heteroatoms. The van der Waals surface area contributed by atoms with Crippen molar-refractivity contribution in [3.05, 3.63) is 129 Å². The van der Waals surface area contributed by atoms with Crippen LogP contribution in [0, 0.1) is 11.8 Å². The monoisotopic (exact) mass is 710 g/mol. The molecule has 4 heterocycles. The van der Waals surface area contributed by atoms with E-state index in [0.717, 1.165) is 20.1 Å². The summed E-state index contributed by atoms with van der Waals surface area (Å²) in [6, 6.07) is 29.9. The SMILES string of the molecule is O=C1[C@@H]2[C@H](C(=O)N1c1ccccc1)N1[C@H](c3ccc(Br)cc3)[C@@H]3C(=O)N(c4ccccc4)C(=O)[C@@H]3N1[C@H]2c1ccc(Br)cc1. The molecular weight excluding hydrogens is 688 g/mol. The zero-order valence-electron chi connectivity index (χ0n) is 23.0.